The van der Waals surface area contributed by atoms with Gasteiger partial charge in [-0.2, -0.15) is 0 Å². The molecule has 0 aromatic carbocycles. The van der Waals surface area contributed by atoms with Crippen molar-refractivity contribution >= 4 is 11.9 Å². The first kappa shape index (κ1) is 13.7. The highest BCUT2D eigenvalue weighted by Crippen LogP contribution is 2.37. The lowest BCUT2D eigenvalue weighted by molar-refractivity contribution is -0.141. The zero-order valence-corrected chi connectivity index (χ0v) is 12.1. The lowest BCUT2D eigenvalue weighted by atomic mass is 9.89. The van der Waals surface area contributed by atoms with Crippen molar-refractivity contribution < 1.29 is 9.59 Å². The minimum atomic E-state index is -0.389. The number of primary amides is 1. The summed E-state index contributed by atoms with van der Waals surface area (Å²) >= 11 is 0. The summed E-state index contributed by atoms with van der Waals surface area (Å²) in [5.41, 5.74) is 5.36. The Balaban J connectivity index is 1.66. The highest BCUT2D eigenvalue weighted by Gasteiger charge is 2.40. The van der Waals surface area contributed by atoms with Gasteiger partial charge in [0.2, 0.25) is 5.91 Å². The van der Waals surface area contributed by atoms with E-state index in [2.05, 4.69) is 4.90 Å². The second kappa shape index (κ2) is 5.62. The molecule has 0 bridgehead atoms. The zero-order chi connectivity index (χ0) is 14.1. The number of piperidine rings is 2. The maximum Gasteiger partial charge on any atom is 0.314 e. The average Bonchev–Trinajstić information content (AvgIpc) is 2.95. The van der Waals surface area contributed by atoms with Crippen molar-refractivity contribution in [2.45, 2.75) is 51.0 Å². The van der Waals surface area contributed by atoms with Gasteiger partial charge in [0.1, 0.15) is 0 Å². The topological polar surface area (TPSA) is 66.6 Å². The predicted molar refractivity (Wildman–Crippen MR) is 76.0 cm³/mol. The number of fused-ring (bicyclic) bond motifs is 1. The first-order chi connectivity index (χ1) is 9.66. The Morgan fingerprint density at radius 2 is 1.70 bits per heavy atom. The van der Waals surface area contributed by atoms with Crippen molar-refractivity contribution in [3.8, 4) is 0 Å². The number of carbonyl (C=O) groups excluding carboxylic acids is 2. The van der Waals surface area contributed by atoms with Crippen LogP contribution in [0.1, 0.15) is 44.9 Å². The summed E-state index contributed by atoms with van der Waals surface area (Å²) in [6.45, 7) is 2.13. The third kappa shape index (κ3) is 2.50. The Bertz CT molecular complexity index is 399. The maximum absolute atomic E-state index is 12.8. The number of amides is 3. The highest BCUT2D eigenvalue weighted by molar-refractivity contribution is 5.81. The lowest BCUT2D eigenvalue weighted by Gasteiger charge is -2.41. The van der Waals surface area contributed by atoms with Gasteiger partial charge in [0.15, 0.2) is 0 Å². The monoisotopic (exact) mass is 279 g/mol. The highest BCUT2D eigenvalue weighted by atomic mass is 16.2. The molecule has 3 aliphatic rings. The summed E-state index contributed by atoms with van der Waals surface area (Å²) in [6.07, 6.45) is 7.93. The number of hydrogen-bond donors (Lipinski definition) is 1. The fraction of sp³-hybridized carbons (Fsp3) is 0.867. The minimum absolute atomic E-state index is 0.0319. The van der Waals surface area contributed by atoms with Gasteiger partial charge >= 0.3 is 6.03 Å². The van der Waals surface area contributed by atoms with Crippen molar-refractivity contribution in [2.75, 3.05) is 19.6 Å². The molecule has 0 spiro atoms. The van der Waals surface area contributed by atoms with Crippen LogP contribution in [0.4, 0.5) is 4.79 Å². The van der Waals surface area contributed by atoms with Gasteiger partial charge in [-0.05, 0) is 44.4 Å². The van der Waals surface area contributed by atoms with Gasteiger partial charge in [-0.3, -0.25) is 4.79 Å². The van der Waals surface area contributed by atoms with E-state index in [9.17, 15) is 9.59 Å². The number of nitrogens with two attached hydrogens (primary N) is 1. The Morgan fingerprint density at radius 3 is 2.50 bits per heavy atom. The van der Waals surface area contributed by atoms with Gasteiger partial charge in [-0.15, -0.1) is 0 Å². The lowest BCUT2D eigenvalue weighted by Crippen LogP contribution is -2.52. The molecule has 0 unspecified atom stereocenters. The molecule has 1 saturated carbocycles. The summed E-state index contributed by atoms with van der Waals surface area (Å²) in [5.74, 6) is 0.965. The normalized spacial score (nSPS) is 33.9. The molecule has 5 nitrogen and oxygen atoms in total. The molecule has 5 heteroatoms. The molecule has 2 saturated heterocycles. The third-order valence-corrected chi connectivity index (χ3v) is 5.36. The minimum Gasteiger partial charge on any atom is -0.351 e. The van der Waals surface area contributed by atoms with Gasteiger partial charge in [-0.25, -0.2) is 4.79 Å². The molecule has 0 aromatic heterocycles. The molecule has 0 aromatic rings. The SMILES string of the molecule is NC(=O)N1CCC[C@H](C(=O)N2CCC[C@@H]3CCC[C@@H]32)C1. The maximum atomic E-state index is 12.8. The standard InChI is InChI=1S/C15H25N3O2/c16-15(20)17-8-2-6-12(10-17)14(19)18-9-3-5-11-4-1-7-13(11)18/h11-13H,1-10H2,(H2,16,20)/t11-,12-,13-/m0/s1. The first-order valence-corrected chi connectivity index (χ1v) is 8.01. The van der Waals surface area contributed by atoms with Crippen molar-refractivity contribution in [3.05, 3.63) is 0 Å². The van der Waals surface area contributed by atoms with Crippen LogP contribution in [0.5, 0.6) is 0 Å². The van der Waals surface area contributed by atoms with Crippen molar-refractivity contribution in [1.29, 1.82) is 0 Å². The van der Waals surface area contributed by atoms with E-state index in [0.717, 1.165) is 31.7 Å². The number of likely N-dealkylation sites (tertiary alicyclic amines) is 2. The summed E-state index contributed by atoms with van der Waals surface area (Å²) in [7, 11) is 0. The molecule has 3 fully saturated rings. The van der Waals surface area contributed by atoms with Crippen LogP contribution in [0.3, 0.4) is 0 Å². The molecular weight excluding hydrogens is 254 g/mol. The van der Waals surface area contributed by atoms with E-state index >= 15 is 0 Å². The second-order valence-electron chi connectivity index (χ2n) is 6.56. The zero-order valence-electron chi connectivity index (χ0n) is 12.1. The smallest absolute Gasteiger partial charge is 0.314 e. The van der Waals surface area contributed by atoms with Crippen molar-refractivity contribution in [1.82, 2.24) is 9.80 Å². The summed E-state index contributed by atoms with van der Waals surface area (Å²) in [6, 6.07) is 0.0834. The number of nitrogens with zero attached hydrogens (tertiary/aromatic N) is 2. The van der Waals surface area contributed by atoms with Crippen molar-refractivity contribution in [2.24, 2.45) is 17.6 Å². The summed E-state index contributed by atoms with van der Waals surface area (Å²) < 4.78 is 0. The number of rotatable bonds is 1. The Kier molecular flexibility index (Phi) is 3.85. The van der Waals surface area contributed by atoms with E-state index in [1.807, 2.05) is 0 Å². The molecule has 2 aliphatic heterocycles. The Labute approximate surface area is 120 Å². The largest absolute Gasteiger partial charge is 0.351 e. The number of urea groups is 1. The van der Waals surface area contributed by atoms with Crippen LogP contribution in [-0.2, 0) is 4.79 Å². The van der Waals surface area contributed by atoms with Crippen LogP contribution in [-0.4, -0.2) is 47.4 Å². The van der Waals surface area contributed by atoms with Crippen molar-refractivity contribution in [3.63, 3.8) is 0 Å². The van der Waals surface area contributed by atoms with Crippen LogP contribution in [0.15, 0.2) is 0 Å². The Morgan fingerprint density at radius 1 is 0.950 bits per heavy atom. The molecule has 1 aliphatic carbocycles. The third-order valence-electron chi connectivity index (χ3n) is 5.36. The second-order valence-corrected chi connectivity index (χ2v) is 6.56. The van der Waals surface area contributed by atoms with Gasteiger partial charge in [-0.1, -0.05) is 6.42 Å². The van der Waals surface area contributed by atoms with Crippen LogP contribution in [0.25, 0.3) is 0 Å². The molecule has 112 valence electrons. The van der Waals surface area contributed by atoms with Crippen LogP contribution >= 0.6 is 0 Å². The van der Waals surface area contributed by atoms with Gasteiger partial charge < -0.3 is 15.5 Å². The predicted octanol–water partition coefficient (Wildman–Crippen LogP) is 1.57. The summed E-state index contributed by atoms with van der Waals surface area (Å²) in [4.78, 5) is 27.9. The average molecular weight is 279 g/mol. The van der Waals surface area contributed by atoms with Crippen LogP contribution in [0, 0.1) is 11.8 Å². The van der Waals surface area contributed by atoms with E-state index in [0.29, 0.717) is 19.1 Å². The van der Waals surface area contributed by atoms with E-state index in [4.69, 9.17) is 5.73 Å². The number of carbonyl (C=O) groups is 2. The fourth-order valence-electron chi connectivity index (χ4n) is 4.34. The van der Waals surface area contributed by atoms with E-state index in [-0.39, 0.29) is 17.9 Å². The molecule has 20 heavy (non-hydrogen) atoms. The van der Waals surface area contributed by atoms with E-state index in [1.54, 1.807) is 4.90 Å². The van der Waals surface area contributed by atoms with E-state index < -0.39 is 0 Å². The van der Waals surface area contributed by atoms with Gasteiger partial charge in [0.05, 0.1) is 5.92 Å². The van der Waals surface area contributed by atoms with Gasteiger partial charge in [0, 0.05) is 25.7 Å². The first-order valence-electron chi connectivity index (χ1n) is 8.01. The number of hydrogen-bond acceptors (Lipinski definition) is 2. The molecule has 3 rings (SSSR count). The molecule has 2 N–H and O–H groups in total. The molecular formula is C15H25N3O2. The molecule has 0 radical (unpaired) electrons. The van der Waals surface area contributed by atoms with E-state index in [1.165, 1.54) is 25.7 Å². The Hall–Kier alpha value is -1.26. The van der Waals surface area contributed by atoms with Crippen LogP contribution < -0.4 is 5.73 Å². The van der Waals surface area contributed by atoms with Crippen LogP contribution in [0.2, 0.25) is 0 Å². The van der Waals surface area contributed by atoms with Gasteiger partial charge in [0.25, 0.3) is 0 Å². The summed E-state index contributed by atoms with van der Waals surface area (Å²) in [5, 5.41) is 0. The molecule has 3 amide bonds. The quantitative estimate of drug-likeness (QED) is 0.791. The molecule has 3 atom stereocenters. The molecule has 2 heterocycles. The fourth-order valence-corrected chi connectivity index (χ4v) is 4.34.